The van der Waals surface area contributed by atoms with Crippen molar-refractivity contribution in [3.63, 3.8) is 0 Å². The fourth-order valence-corrected chi connectivity index (χ4v) is 3.22. The Hall–Kier alpha value is -2.94. The van der Waals surface area contributed by atoms with Crippen LogP contribution in [0.15, 0.2) is 66.7 Å². The fraction of sp³-hybridized carbons (Fsp3) is 0.0952. The van der Waals surface area contributed by atoms with Gasteiger partial charge in [-0.05, 0) is 52.4 Å². The van der Waals surface area contributed by atoms with Crippen LogP contribution in [-0.4, -0.2) is 5.91 Å². The zero-order chi connectivity index (χ0) is 16.5. The van der Waals surface area contributed by atoms with E-state index in [0.717, 1.165) is 17.7 Å². The summed E-state index contributed by atoms with van der Waals surface area (Å²) in [7, 11) is 0. The molecule has 0 aliphatic heterocycles. The van der Waals surface area contributed by atoms with Gasteiger partial charge in [-0.3, -0.25) is 4.79 Å². The SMILES string of the molecule is O=C(Cc1ccccc1F)Nc1ccc2c(c1)-c1ccccc1C2. The Bertz CT molecular complexity index is 933. The minimum absolute atomic E-state index is 0.0281. The summed E-state index contributed by atoms with van der Waals surface area (Å²) in [4.78, 5) is 12.2. The molecule has 1 amide bonds. The smallest absolute Gasteiger partial charge is 0.228 e. The first kappa shape index (κ1) is 14.6. The highest BCUT2D eigenvalue weighted by molar-refractivity contribution is 5.93. The molecule has 0 atom stereocenters. The number of carbonyl (C=O) groups excluding carboxylic acids is 1. The fourth-order valence-electron chi connectivity index (χ4n) is 3.22. The Morgan fingerprint density at radius 2 is 1.67 bits per heavy atom. The summed E-state index contributed by atoms with van der Waals surface area (Å²) >= 11 is 0. The lowest BCUT2D eigenvalue weighted by atomic mass is 10.1. The third-order valence-corrected chi connectivity index (χ3v) is 4.39. The number of benzene rings is 3. The number of rotatable bonds is 3. The average molecular weight is 317 g/mol. The highest BCUT2D eigenvalue weighted by Gasteiger charge is 2.18. The summed E-state index contributed by atoms with van der Waals surface area (Å²) in [5.41, 5.74) is 6.10. The minimum Gasteiger partial charge on any atom is -0.326 e. The van der Waals surface area contributed by atoms with Crippen LogP contribution in [0.5, 0.6) is 0 Å². The van der Waals surface area contributed by atoms with Crippen molar-refractivity contribution >= 4 is 11.6 Å². The van der Waals surface area contributed by atoms with Crippen molar-refractivity contribution in [2.24, 2.45) is 0 Å². The van der Waals surface area contributed by atoms with Crippen LogP contribution >= 0.6 is 0 Å². The number of halogens is 1. The van der Waals surface area contributed by atoms with Crippen molar-refractivity contribution in [3.05, 3.63) is 89.2 Å². The molecule has 3 aromatic rings. The molecule has 1 aliphatic rings. The van der Waals surface area contributed by atoms with Gasteiger partial charge in [0.05, 0.1) is 6.42 Å². The summed E-state index contributed by atoms with van der Waals surface area (Å²) in [6, 6.07) is 20.6. The maximum absolute atomic E-state index is 13.7. The molecule has 0 heterocycles. The van der Waals surface area contributed by atoms with Crippen LogP contribution in [0, 0.1) is 5.82 Å². The minimum atomic E-state index is -0.351. The zero-order valence-corrected chi connectivity index (χ0v) is 13.1. The molecule has 4 rings (SSSR count). The van der Waals surface area contributed by atoms with Crippen LogP contribution in [0.2, 0.25) is 0 Å². The first-order valence-electron chi connectivity index (χ1n) is 7.95. The van der Waals surface area contributed by atoms with Crippen LogP contribution in [0.25, 0.3) is 11.1 Å². The number of amides is 1. The summed E-state index contributed by atoms with van der Waals surface area (Å²) in [5, 5.41) is 2.87. The summed E-state index contributed by atoms with van der Waals surface area (Å²) in [5.74, 6) is -0.568. The number of hydrogen-bond donors (Lipinski definition) is 1. The highest BCUT2D eigenvalue weighted by atomic mass is 19.1. The Labute approximate surface area is 140 Å². The van der Waals surface area contributed by atoms with E-state index in [9.17, 15) is 9.18 Å². The van der Waals surface area contributed by atoms with Gasteiger partial charge in [-0.15, -0.1) is 0 Å². The van der Waals surface area contributed by atoms with Crippen LogP contribution in [0.4, 0.5) is 10.1 Å². The highest BCUT2D eigenvalue weighted by Crippen LogP contribution is 2.37. The average Bonchev–Trinajstić information content (AvgIpc) is 2.95. The molecule has 0 bridgehead atoms. The van der Waals surface area contributed by atoms with E-state index in [2.05, 4.69) is 17.4 Å². The Balaban J connectivity index is 1.55. The molecule has 1 aliphatic carbocycles. The van der Waals surface area contributed by atoms with Crippen molar-refractivity contribution in [1.29, 1.82) is 0 Å². The van der Waals surface area contributed by atoms with E-state index in [1.54, 1.807) is 18.2 Å². The molecule has 0 unspecified atom stereocenters. The number of fused-ring (bicyclic) bond motifs is 3. The maximum Gasteiger partial charge on any atom is 0.228 e. The van der Waals surface area contributed by atoms with Crippen LogP contribution in [0.1, 0.15) is 16.7 Å². The Kier molecular flexibility index (Phi) is 3.62. The summed E-state index contributed by atoms with van der Waals surface area (Å²) in [6.07, 6.45) is 0.954. The van der Waals surface area contributed by atoms with Crippen LogP contribution in [0.3, 0.4) is 0 Å². The Morgan fingerprint density at radius 3 is 2.54 bits per heavy atom. The molecule has 0 saturated heterocycles. The molecule has 3 aromatic carbocycles. The topological polar surface area (TPSA) is 29.1 Å². The number of hydrogen-bond acceptors (Lipinski definition) is 1. The standard InChI is InChI=1S/C21H16FNO/c22-20-8-4-2-6-16(20)12-21(24)23-17-10-9-15-11-14-5-1-3-7-18(14)19(15)13-17/h1-10,13H,11-12H2,(H,23,24). The van der Waals surface area contributed by atoms with Crippen LogP contribution < -0.4 is 5.32 Å². The van der Waals surface area contributed by atoms with Gasteiger partial charge in [0, 0.05) is 5.69 Å². The van der Waals surface area contributed by atoms with Gasteiger partial charge in [0.1, 0.15) is 5.82 Å². The lowest BCUT2D eigenvalue weighted by molar-refractivity contribution is -0.115. The molecule has 0 fully saturated rings. The van der Waals surface area contributed by atoms with Gasteiger partial charge in [-0.2, -0.15) is 0 Å². The molecule has 24 heavy (non-hydrogen) atoms. The first-order chi connectivity index (χ1) is 11.7. The van der Waals surface area contributed by atoms with Gasteiger partial charge in [-0.25, -0.2) is 4.39 Å². The second-order valence-corrected chi connectivity index (χ2v) is 6.02. The van der Waals surface area contributed by atoms with E-state index in [1.165, 1.54) is 22.8 Å². The predicted octanol–water partition coefficient (Wildman–Crippen LogP) is 4.58. The quantitative estimate of drug-likeness (QED) is 0.589. The van der Waals surface area contributed by atoms with Crippen molar-refractivity contribution in [2.45, 2.75) is 12.8 Å². The molecule has 0 radical (unpaired) electrons. The van der Waals surface area contributed by atoms with Gasteiger partial charge >= 0.3 is 0 Å². The van der Waals surface area contributed by atoms with Crippen molar-refractivity contribution in [2.75, 3.05) is 5.32 Å². The maximum atomic E-state index is 13.7. The summed E-state index contributed by atoms with van der Waals surface area (Å²) in [6.45, 7) is 0. The second-order valence-electron chi connectivity index (χ2n) is 6.02. The van der Waals surface area contributed by atoms with Crippen LogP contribution in [-0.2, 0) is 17.6 Å². The lowest BCUT2D eigenvalue weighted by Crippen LogP contribution is -2.15. The van der Waals surface area contributed by atoms with Gasteiger partial charge in [0.25, 0.3) is 0 Å². The molecule has 0 spiro atoms. The molecule has 3 heteroatoms. The molecule has 0 saturated carbocycles. The largest absolute Gasteiger partial charge is 0.326 e. The van der Waals surface area contributed by atoms with Crippen molar-refractivity contribution in [3.8, 4) is 11.1 Å². The molecule has 0 aromatic heterocycles. The normalized spacial score (nSPS) is 11.7. The van der Waals surface area contributed by atoms with Gasteiger partial charge in [0.2, 0.25) is 5.91 Å². The van der Waals surface area contributed by atoms with E-state index in [-0.39, 0.29) is 18.1 Å². The lowest BCUT2D eigenvalue weighted by Gasteiger charge is -2.08. The first-order valence-corrected chi connectivity index (χ1v) is 7.95. The van der Waals surface area contributed by atoms with E-state index in [1.807, 2.05) is 30.3 Å². The summed E-state index contributed by atoms with van der Waals surface area (Å²) < 4.78 is 13.7. The molecule has 118 valence electrons. The van der Waals surface area contributed by atoms with E-state index >= 15 is 0 Å². The third-order valence-electron chi connectivity index (χ3n) is 4.39. The van der Waals surface area contributed by atoms with Crippen molar-refractivity contribution in [1.82, 2.24) is 0 Å². The van der Waals surface area contributed by atoms with Gasteiger partial charge < -0.3 is 5.32 Å². The van der Waals surface area contributed by atoms with Gasteiger partial charge in [-0.1, -0.05) is 48.5 Å². The monoisotopic (exact) mass is 317 g/mol. The number of carbonyl (C=O) groups is 1. The molecule has 2 nitrogen and oxygen atoms in total. The number of anilines is 1. The zero-order valence-electron chi connectivity index (χ0n) is 13.1. The second kappa shape index (κ2) is 5.93. The molecular formula is C21H16FNO. The predicted molar refractivity (Wildman–Crippen MR) is 93.4 cm³/mol. The van der Waals surface area contributed by atoms with Gasteiger partial charge in [0.15, 0.2) is 0 Å². The van der Waals surface area contributed by atoms with E-state index in [4.69, 9.17) is 0 Å². The van der Waals surface area contributed by atoms with E-state index in [0.29, 0.717) is 5.56 Å². The van der Waals surface area contributed by atoms with E-state index < -0.39 is 0 Å². The Morgan fingerprint density at radius 1 is 0.917 bits per heavy atom. The third kappa shape index (κ3) is 2.69. The molecular weight excluding hydrogens is 301 g/mol. The van der Waals surface area contributed by atoms with Crippen molar-refractivity contribution < 1.29 is 9.18 Å². The number of nitrogens with one attached hydrogen (secondary N) is 1. The molecule has 1 N–H and O–H groups in total.